The number of alkyl halides is 1. The highest BCUT2D eigenvalue weighted by molar-refractivity contribution is 6.20. The van der Waals surface area contributed by atoms with Crippen LogP contribution in [0.15, 0.2) is 12.1 Å². The lowest BCUT2D eigenvalue weighted by Crippen LogP contribution is -2.16. The van der Waals surface area contributed by atoms with Crippen molar-refractivity contribution in [3.05, 3.63) is 23.7 Å². The van der Waals surface area contributed by atoms with E-state index in [-0.39, 0.29) is 5.38 Å². The minimum absolute atomic E-state index is 0.0758. The molecule has 3 nitrogen and oxygen atoms in total. The fourth-order valence-corrected chi connectivity index (χ4v) is 3.39. The Kier molecular flexibility index (Phi) is 3.97. The fraction of sp³-hybridized carbons (Fsp3) is 0.625. The number of fused-ring (bicyclic) bond motifs is 1. The molecule has 0 amide bonds. The SMILES string of the molecule is Cc1ccc2nc(C(C)Cl)n(CC3CCCCC3)c2n1. The van der Waals surface area contributed by atoms with E-state index in [0.29, 0.717) is 0 Å². The van der Waals surface area contributed by atoms with Crippen LogP contribution >= 0.6 is 11.6 Å². The molecular formula is C16H22ClN3. The molecule has 1 atom stereocenters. The van der Waals surface area contributed by atoms with Gasteiger partial charge in [0.1, 0.15) is 11.3 Å². The van der Waals surface area contributed by atoms with Gasteiger partial charge in [-0.3, -0.25) is 0 Å². The number of imidazole rings is 1. The first kappa shape index (κ1) is 13.9. The number of hydrogen-bond donors (Lipinski definition) is 0. The zero-order valence-electron chi connectivity index (χ0n) is 12.3. The van der Waals surface area contributed by atoms with Gasteiger partial charge in [-0.2, -0.15) is 0 Å². The Bertz CT molecular complexity index is 597. The van der Waals surface area contributed by atoms with Crippen LogP contribution in [-0.4, -0.2) is 14.5 Å². The molecule has 0 aliphatic heterocycles. The molecule has 2 aromatic heterocycles. The summed E-state index contributed by atoms with van der Waals surface area (Å²) in [5, 5.41) is -0.0758. The van der Waals surface area contributed by atoms with Crippen LogP contribution in [0.4, 0.5) is 0 Å². The average Bonchev–Trinajstić information content (AvgIpc) is 2.78. The number of halogens is 1. The third-order valence-corrected chi connectivity index (χ3v) is 4.48. The Morgan fingerprint density at radius 3 is 2.70 bits per heavy atom. The van der Waals surface area contributed by atoms with Crippen molar-refractivity contribution in [2.24, 2.45) is 5.92 Å². The molecule has 0 bridgehead atoms. The second kappa shape index (κ2) is 5.72. The third-order valence-electron chi connectivity index (χ3n) is 4.28. The van der Waals surface area contributed by atoms with Crippen LogP contribution in [0.2, 0.25) is 0 Å². The summed E-state index contributed by atoms with van der Waals surface area (Å²) in [5.74, 6) is 1.71. The molecule has 1 unspecified atom stereocenters. The molecule has 0 spiro atoms. The topological polar surface area (TPSA) is 30.7 Å². The number of pyridine rings is 1. The maximum absolute atomic E-state index is 6.33. The van der Waals surface area contributed by atoms with E-state index in [1.165, 1.54) is 32.1 Å². The maximum Gasteiger partial charge on any atom is 0.160 e. The van der Waals surface area contributed by atoms with Crippen LogP contribution in [0.1, 0.15) is 55.9 Å². The van der Waals surface area contributed by atoms with Crippen LogP contribution in [0, 0.1) is 12.8 Å². The van der Waals surface area contributed by atoms with Gasteiger partial charge in [0.15, 0.2) is 5.65 Å². The number of hydrogen-bond acceptors (Lipinski definition) is 2. The second-order valence-electron chi connectivity index (χ2n) is 6.00. The summed E-state index contributed by atoms with van der Waals surface area (Å²) in [4.78, 5) is 9.37. The molecule has 0 N–H and O–H groups in total. The van der Waals surface area contributed by atoms with E-state index >= 15 is 0 Å². The second-order valence-corrected chi connectivity index (χ2v) is 6.65. The molecule has 1 aliphatic rings. The normalized spacial score (nSPS) is 18.6. The van der Waals surface area contributed by atoms with Gasteiger partial charge >= 0.3 is 0 Å². The largest absolute Gasteiger partial charge is 0.311 e. The van der Waals surface area contributed by atoms with Gasteiger partial charge in [0.05, 0.1) is 5.38 Å². The van der Waals surface area contributed by atoms with Gasteiger partial charge in [0.2, 0.25) is 0 Å². The lowest BCUT2D eigenvalue weighted by atomic mass is 9.89. The lowest BCUT2D eigenvalue weighted by Gasteiger charge is -2.23. The zero-order chi connectivity index (χ0) is 14.1. The predicted octanol–water partition coefficient (Wildman–Crippen LogP) is 4.62. The Morgan fingerprint density at radius 1 is 1.25 bits per heavy atom. The predicted molar refractivity (Wildman–Crippen MR) is 83.1 cm³/mol. The van der Waals surface area contributed by atoms with Crippen LogP contribution in [-0.2, 0) is 6.54 Å². The molecule has 108 valence electrons. The van der Waals surface area contributed by atoms with Crippen molar-refractivity contribution < 1.29 is 0 Å². The summed E-state index contributed by atoms with van der Waals surface area (Å²) in [6, 6.07) is 4.07. The third kappa shape index (κ3) is 2.69. The molecule has 1 aliphatic carbocycles. The summed E-state index contributed by atoms with van der Waals surface area (Å²) in [5.41, 5.74) is 3.00. The van der Waals surface area contributed by atoms with Gasteiger partial charge < -0.3 is 4.57 Å². The summed E-state index contributed by atoms with van der Waals surface area (Å²) in [7, 11) is 0. The first-order valence-corrected chi connectivity index (χ1v) is 8.06. The van der Waals surface area contributed by atoms with Crippen molar-refractivity contribution >= 4 is 22.8 Å². The minimum Gasteiger partial charge on any atom is -0.311 e. The van der Waals surface area contributed by atoms with Crippen LogP contribution in [0.25, 0.3) is 11.2 Å². The number of rotatable bonds is 3. The Labute approximate surface area is 125 Å². The standard InChI is InChI=1S/C16H22ClN3/c1-11-8-9-14-16(18-11)20(15(19-14)12(2)17)10-13-6-4-3-5-7-13/h8-9,12-13H,3-7,10H2,1-2H3. The lowest BCUT2D eigenvalue weighted by molar-refractivity contribution is 0.318. The van der Waals surface area contributed by atoms with E-state index in [9.17, 15) is 0 Å². The highest BCUT2D eigenvalue weighted by Gasteiger charge is 2.20. The summed E-state index contributed by atoms with van der Waals surface area (Å²) in [6.07, 6.45) is 6.74. The van der Waals surface area contributed by atoms with E-state index in [1.807, 2.05) is 19.9 Å². The average molecular weight is 292 g/mol. The Balaban J connectivity index is 2.01. The van der Waals surface area contributed by atoms with Crippen LogP contribution in [0.3, 0.4) is 0 Å². The van der Waals surface area contributed by atoms with Crippen LogP contribution < -0.4 is 0 Å². The van der Waals surface area contributed by atoms with Gasteiger partial charge in [0.25, 0.3) is 0 Å². The highest BCUT2D eigenvalue weighted by atomic mass is 35.5. The molecule has 20 heavy (non-hydrogen) atoms. The first-order chi connectivity index (χ1) is 9.65. The number of aromatic nitrogens is 3. The number of aryl methyl sites for hydroxylation is 1. The molecular weight excluding hydrogens is 270 g/mol. The molecule has 2 aromatic rings. The van der Waals surface area contributed by atoms with Gasteiger partial charge in [0, 0.05) is 12.2 Å². The van der Waals surface area contributed by atoms with Crippen molar-refractivity contribution in [3.63, 3.8) is 0 Å². The Hall–Kier alpha value is -1.09. The summed E-state index contributed by atoms with van der Waals surface area (Å²) < 4.78 is 2.26. The van der Waals surface area contributed by atoms with Gasteiger partial charge in [-0.25, -0.2) is 9.97 Å². The van der Waals surface area contributed by atoms with Crippen molar-refractivity contribution in [3.8, 4) is 0 Å². The highest BCUT2D eigenvalue weighted by Crippen LogP contribution is 2.29. The molecule has 2 heterocycles. The van der Waals surface area contributed by atoms with E-state index in [0.717, 1.165) is 35.1 Å². The smallest absolute Gasteiger partial charge is 0.160 e. The molecule has 0 radical (unpaired) electrons. The van der Waals surface area contributed by atoms with E-state index < -0.39 is 0 Å². The van der Waals surface area contributed by atoms with Gasteiger partial charge in [-0.1, -0.05) is 19.3 Å². The molecule has 3 rings (SSSR count). The monoisotopic (exact) mass is 291 g/mol. The fourth-order valence-electron chi connectivity index (χ4n) is 3.23. The van der Waals surface area contributed by atoms with Crippen molar-refractivity contribution in [2.75, 3.05) is 0 Å². The zero-order valence-corrected chi connectivity index (χ0v) is 13.0. The quantitative estimate of drug-likeness (QED) is 0.773. The molecule has 0 saturated heterocycles. The molecule has 1 saturated carbocycles. The van der Waals surface area contributed by atoms with Crippen LogP contribution in [0.5, 0.6) is 0 Å². The molecule has 4 heteroatoms. The van der Waals surface area contributed by atoms with E-state index in [1.54, 1.807) is 0 Å². The minimum atomic E-state index is -0.0758. The molecule has 1 fully saturated rings. The van der Waals surface area contributed by atoms with Crippen molar-refractivity contribution in [1.82, 2.24) is 14.5 Å². The first-order valence-electron chi connectivity index (χ1n) is 7.63. The van der Waals surface area contributed by atoms with E-state index in [4.69, 9.17) is 11.6 Å². The summed E-state index contributed by atoms with van der Waals surface area (Å²) in [6.45, 7) is 5.04. The molecule has 0 aromatic carbocycles. The van der Waals surface area contributed by atoms with Crippen molar-refractivity contribution in [2.45, 2.75) is 57.9 Å². The summed E-state index contributed by atoms with van der Waals surface area (Å²) >= 11 is 6.33. The van der Waals surface area contributed by atoms with Crippen molar-refractivity contribution in [1.29, 1.82) is 0 Å². The number of nitrogens with zero attached hydrogens (tertiary/aromatic N) is 3. The van der Waals surface area contributed by atoms with Gasteiger partial charge in [-0.15, -0.1) is 11.6 Å². The Morgan fingerprint density at radius 2 is 2.00 bits per heavy atom. The maximum atomic E-state index is 6.33. The van der Waals surface area contributed by atoms with E-state index in [2.05, 4.69) is 20.6 Å². The van der Waals surface area contributed by atoms with Gasteiger partial charge in [-0.05, 0) is 44.7 Å².